The quantitative estimate of drug-likeness (QED) is 0.729. The molecule has 5 heteroatoms. The molecule has 94 valence electrons. The number of amides is 2. The first-order chi connectivity index (χ1) is 7.47. The van der Waals surface area contributed by atoms with Crippen molar-refractivity contribution in [2.45, 2.75) is 52.6 Å². The predicted octanol–water partition coefficient (Wildman–Crippen LogP) is 1.68. The van der Waals surface area contributed by atoms with Gasteiger partial charge in [0.25, 0.3) is 0 Å². The van der Waals surface area contributed by atoms with E-state index in [-0.39, 0.29) is 12.1 Å². The van der Waals surface area contributed by atoms with Crippen LogP contribution in [-0.2, 0) is 4.79 Å². The van der Waals surface area contributed by atoms with Crippen molar-refractivity contribution in [2.75, 3.05) is 6.54 Å². The third-order valence-corrected chi connectivity index (χ3v) is 2.73. The zero-order chi connectivity index (χ0) is 12.7. The summed E-state index contributed by atoms with van der Waals surface area (Å²) < 4.78 is 0. The fraction of sp³-hybridized carbons (Fsp3) is 0.818. The Balaban J connectivity index is 4.46. The van der Waals surface area contributed by atoms with Crippen molar-refractivity contribution in [1.29, 1.82) is 0 Å². The minimum Gasteiger partial charge on any atom is -0.480 e. The van der Waals surface area contributed by atoms with Gasteiger partial charge in [-0.3, -0.25) is 0 Å². The summed E-state index contributed by atoms with van der Waals surface area (Å²) >= 11 is 0. The summed E-state index contributed by atoms with van der Waals surface area (Å²) in [6.07, 6.45) is 1.24. The Hall–Kier alpha value is -1.26. The van der Waals surface area contributed by atoms with E-state index in [1.165, 1.54) is 0 Å². The minimum atomic E-state index is -0.990. The van der Waals surface area contributed by atoms with E-state index in [0.717, 1.165) is 6.42 Å². The lowest BCUT2D eigenvalue weighted by molar-refractivity contribution is -0.139. The molecule has 2 N–H and O–H groups in total. The van der Waals surface area contributed by atoms with Crippen LogP contribution in [0.15, 0.2) is 0 Å². The van der Waals surface area contributed by atoms with Gasteiger partial charge in [-0.2, -0.15) is 0 Å². The average molecular weight is 230 g/mol. The number of aliphatic carboxylic acids is 1. The number of nitrogens with one attached hydrogen (secondary N) is 1. The zero-order valence-corrected chi connectivity index (χ0v) is 10.5. The van der Waals surface area contributed by atoms with E-state index < -0.39 is 12.0 Å². The number of hydrogen-bond acceptors (Lipinski definition) is 2. The van der Waals surface area contributed by atoms with Gasteiger partial charge < -0.3 is 15.3 Å². The van der Waals surface area contributed by atoms with Gasteiger partial charge in [0.15, 0.2) is 0 Å². The average Bonchev–Trinajstić information content (AvgIpc) is 2.25. The highest BCUT2D eigenvalue weighted by Crippen LogP contribution is 2.04. The standard InChI is InChI=1S/C11H22N2O3/c1-5-8(4)13(7-3)11(16)12-9(6-2)10(14)15/h8-9H,5-7H2,1-4H3,(H,12,16)(H,14,15)/t8?,9-/m1/s1. The van der Waals surface area contributed by atoms with E-state index in [1.54, 1.807) is 11.8 Å². The van der Waals surface area contributed by atoms with Crippen molar-refractivity contribution in [3.63, 3.8) is 0 Å². The van der Waals surface area contributed by atoms with Crippen LogP contribution < -0.4 is 5.32 Å². The second-order valence-electron chi connectivity index (χ2n) is 3.79. The largest absolute Gasteiger partial charge is 0.480 e. The maximum Gasteiger partial charge on any atom is 0.326 e. The summed E-state index contributed by atoms with van der Waals surface area (Å²) in [5, 5.41) is 11.4. The molecule has 0 heterocycles. The van der Waals surface area contributed by atoms with E-state index in [0.29, 0.717) is 13.0 Å². The summed E-state index contributed by atoms with van der Waals surface area (Å²) in [4.78, 5) is 24.2. The van der Waals surface area contributed by atoms with Crippen LogP contribution in [0, 0.1) is 0 Å². The summed E-state index contributed by atoms with van der Waals surface area (Å²) in [7, 11) is 0. The van der Waals surface area contributed by atoms with E-state index in [1.807, 2.05) is 20.8 Å². The topological polar surface area (TPSA) is 69.6 Å². The Bertz CT molecular complexity index is 243. The van der Waals surface area contributed by atoms with Gasteiger partial charge in [-0.05, 0) is 26.7 Å². The molecule has 0 aromatic rings. The summed E-state index contributed by atoms with van der Waals surface area (Å²) in [5.74, 6) is -0.990. The molecule has 0 rings (SSSR count). The predicted molar refractivity (Wildman–Crippen MR) is 62.4 cm³/mol. The Morgan fingerprint density at radius 1 is 1.25 bits per heavy atom. The first-order valence-electron chi connectivity index (χ1n) is 5.77. The molecule has 0 saturated heterocycles. The van der Waals surface area contributed by atoms with Crippen LogP contribution >= 0.6 is 0 Å². The molecule has 0 aliphatic carbocycles. The smallest absolute Gasteiger partial charge is 0.326 e. The molecule has 5 nitrogen and oxygen atoms in total. The SMILES string of the molecule is CCC(C)N(CC)C(=O)N[C@H](CC)C(=O)O. The highest BCUT2D eigenvalue weighted by molar-refractivity contribution is 5.82. The van der Waals surface area contributed by atoms with Gasteiger partial charge in [0, 0.05) is 12.6 Å². The van der Waals surface area contributed by atoms with Crippen molar-refractivity contribution in [2.24, 2.45) is 0 Å². The molecule has 0 radical (unpaired) electrons. The van der Waals surface area contributed by atoms with Crippen molar-refractivity contribution >= 4 is 12.0 Å². The van der Waals surface area contributed by atoms with Crippen LogP contribution in [-0.4, -0.2) is 40.6 Å². The van der Waals surface area contributed by atoms with Crippen LogP contribution in [0.25, 0.3) is 0 Å². The number of hydrogen-bond donors (Lipinski definition) is 2. The molecule has 2 atom stereocenters. The van der Waals surface area contributed by atoms with Gasteiger partial charge in [0.1, 0.15) is 6.04 Å². The lowest BCUT2D eigenvalue weighted by Gasteiger charge is -2.28. The minimum absolute atomic E-state index is 0.122. The summed E-state index contributed by atoms with van der Waals surface area (Å²) in [5.41, 5.74) is 0. The maximum atomic E-state index is 11.8. The number of carboxylic acids is 1. The molecule has 16 heavy (non-hydrogen) atoms. The van der Waals surface area contributed by atoms with Crippen LogP contribution in [0.3, 0.4) is 0 Å². The van der Waals surface area contributed by atoms with Crippen LogP contribution in [0.1, 0.15) is 40.5 Å². The first kappa shape index (κ1) is 14.7. The van der Waals surface area contributed by atoms with Crippen LogP contribution in [0.5, 0.6) is 0 Å². The fourth-order valence-electron chi connectivity index (χ4n) is 1.45. The Morgan fingerprint density at radius 3 is 2.12 bits per heavy atom. The van der Waals surface area contributed by atoms with E-state index in [2.05, 4.69) is 5.32 Å². The lowest BCUT2D eigenvalue weighted by atomic mass is 10.2. The summed E-state index contributed by atoms with van der Waals surface area (Å²) in [6, 6.07) is -0.979. The van der Waals surface area contributed by atoms with Gasteiger partial charge in [0.2, 0.25) is 0 Å². The Labute approximate surface area is 96.8 Å². The number of carbonyl (C=O) groups excluding carboxylic acids is 1. The second kappa shape index (κ2) is 7.09. The highest BCUT2D eigenvalue weighted by Gasteiger charge is 2.22. The monoisotopic (exact) mass is 230 g/mol. The van der Waals surface area contributed by atoms with Gasteiger partial charge in [0.05, 0.1) is 0 Å². The van der Waals surface area contributed by atoms with Crippen molar-refractivity contribution in [3.05, 3.63) is 0 Å². The van der Waals surface area contributed by atoms with Crippen LogP contribution in [0.4, 0.5) is 4.79 Å². The Morgan fingerprint density at radius 2 is 1.81 bits per heavy atom. The number of urea groups is 1. The van der Waals surface area contributed by atoms with Crippen molar-refractivity contribution < 1.29 is 14.7 Å². The molecule has 0 aromatic carbocycles. The molecule has 2 amide bonds. The third-order valence-electron chi connectivity index (χ3n) is 2.73. The van der Waals surface area contributed by atoms with E-state index in [9.17, 15) is 9.59 Å². The van der Waals surface area contributed by atoms with Gasteiger partial charge in [-0.15, -0.1) is 0 Å². The number of carbonyl (C=O) groups is 2. The van der Waals surface area contributed by atoms with Gasteiger partial charge >= 0.3 is 12.0 Å². The molecule has 0 saturated carbocycles. The normalized spacial score (nSPS) is 14.0. The first-order valence-corrected chi connectivity index (χ1v) is 5.77. The lowest BCUT2D eigenvalue weighted by Crippen LogP contribution is -2.50. The van der Waals surface area contributed by atoms with Crippen molar-refractivity contribution in [3.8, 4) is 0 Å². The molecule has 0 aliphatic heterocycles. The molecular formula is C11H22N2O3. The third kappa shape index (κ3) is 4.08. The van der Waals surface area contributed by atoms with E-state index in [4.69, 9.17) is 5.11 Å². The van der Waals surface area contributed by atoms with Gasteiger partial charge in [-0.1, -0.05) is 13.8 Å². The summed E-state index contributed by atoms with van der Waals surface area (Å²) in [6.45, 7) is 8.14. The molecule has 1 unspecified atom stereocenters. The molecule has 0 spiro atoms. The molecule has 0 aliphatic rings. The fourth-order valence-corrected chi connectivity index (χ4v) is 1.45. The second-order valence-corrected chi connectivity index (χ2v) is 3.79. The van der Waals surface area contributed by atoms with Crippen molar-refractivity contribution in [1.82, 2.24) is 10.2 Å². The van der Waals surface area contributed by atoms with E-state index >= 15 is 0 Å². The highest BCUT2D eigenvalue weighted by atomic mass is 16.4. The Kier molecular flexibility index (Phi) is 6.53. The van der Waals surface area contributed by atoms with Crippen LogP contribution in [0.2, 0.25) is 0 Å². The maximum absolute atomic E-state index is 11.8. The molecule has 0 aromatic heterocycles. The number of nitrogens with zero attached hydrogens (tertiary/aromatic N) is 1. The molecular weight excluding hydrogens is 208 g/mol. The zero-order valence-electron chi connectivity index (χ0n) is 10.5. The van der Waals surface area contributed by atoms with Gasteiger partial charge in [-0.25, -0.2) is 9.59 Å². The number of rotatable bonds is 6. The number of carboxylic acid groups (broad SMARTS) is 1. The molecule has 0 bridgehead atoms. The molecule has 0 fully saturated rings.